The van der Waals surface area contributed by atoms with Gasteiger partial charge in [0.25, 0.3) is 0 Å². The molecule has 1 aromatic carbocycles. The zero-order chi connectivity index (χ0) is 16.2. The lowest BCUT2D eigenvalue weighted by Gasteiger charge is -2.24. The molecule has 1 fully saturated rings. The van der Waals surface area contributed by atoms with Crippen LogP contribution in [0.4, 0.5) is 4.79 Å². The van der Waals surface area contributed by atoms with E-state index in [0.29, 0.717) is 5.25 Å². The maximum absolute atomic E-state index is 12.0. The van der Waals surface area contributed by atoms with Crippen molar-refractivity contribution in [3.05, 3.63) is 29.8 Å². The highest BCUT2D eigenvalue weighted by molar-refractivity contribution is 7.99. The molecule has 1 amide bonds. The van der Waals surface area contributed by atoms with E-state index in [-0.39, 0.29) is 6.09 Å². The lowest BCUT2D eigenvalue weighted by molar-refractivity contribution is 0.0295. The molecule has 0 aliphatic carbocycles. The number of ether oxygens (including phenoxy) is 2. The molecular formula is C17H25NO3S. The van der Waals surface area contributed by atoms with Gasteiger partial charge in [-0.15, -0.1) is 0 Å². The highest BCUT2D eigenvalue weighted by Crippen LogP contribution is 2.27. The van der Waals surface area contributed by atoms with Crippen molar-refractivity contribution in [1.82, 2.24) is 4.90 Å². The maximum atomic E-state index is 12.0. The second kappa shape index (κ2) is 7.27. The molecule has 0 unspecified atom stereocenters. The standard InChI is InChI=1S/C17H25NO3S/c1-17(2,3)21-16(19)18-10-9-15(11-18)22-12-13-5-7-14(20-4)8-6-13/h5-8,15H,9-12H2,1-4H3/t15-/m0/s1. The summed E-state index contributed by atoms with van der Waals surface area (Å²) >= 11 is 1.90. The van der Waals surface area contributed by atoms with Crippen molar-refractivity contribution in [2.24, 2.45) is 0 Å². The van der Waals surface area contributed by atoms with Gasteiger partial charge in [0.05, 0.1) is 7.11 Å². The molecule has 1 saturated heterocycles. The van der Waals surface area contributed by atoms with Gasteiger partial charge in [-0.2, -0.15) is 11.8 Å². The number of amides is 1. The van der Waals surface area contributed by atoms with Gasteiger partial charge in [0.1, 0.15) is 11.4 Å². The Morgan fingerprint density at radius 2 is 2.00 bits per heavy atom. The van der Waals surface area contributed by atoms with Gasteiger partial charge in [-0.05, 0) is 44.9 Å². The third-order valence-corrected chi connectivity index (χ3v) is 4.80. The van der Waals surface area contributed by atoms with Gasteiger partial charge in [-0.1, -0.05) is 12.1 Å². The summed E-state index contributed by atoms with van der Waals surface area (Å²) in [5.74, 6) is 1.84. The summed E-state index contributed by atoms with van der Waals surface area (Å²) in [5, 5.41) is 0.481. The van der Waals surface area contributed by atoms with Crippen LogP contribution in [0.15, 0.2) is 24.3 Å². The van der Waals surface area contributed by atoms with Crippen LogP contribution in [0.3, 0.4) is 0 Å². The quantitative estimate of drug-likeness (QED) is 0.841. The lowest BCUT2D eigenvalue weighted by atomic mass is 10.2. The molecule has 0 spiro atoms. The van der Waals surface area contributed by atoms with Crippen molar-refractivity contribution in [3.8, 4) is 5.75 Å². The highest BCUT2D eigenvalue weighted by atomic mass is 32.2. The Kier molecular flexibility index (Phi) is 5.62. The normalized spacial score (nSPS) is 18.4. The van der Waals surface area contributed by atoms with Crippen LogP contribution < -0.4 is 4.74 Å². The van der Waals surface area contributed by atoms with Crippen molar-refractivity contribution in [1.29, 1.82) is 0 Å². The molecule has 1 aliphatic heterocycles. The average molecular weight is 323 g/mol. The van der Waals surface area contributed by atoms with Gasteiger partial charge in [-0.25, -0.2) is 4.79 Å². The van der Waals surface area contributed by atoms with E-state index in [1.54, 1.807) is 7.11 Å². The van der Waals surface area contributed by atoms with Crippen molar-refractivity contribution in [2.45, 2.75) is 43.8 Å². The molecule has 0 bridgehead atoms. The predicted molar refractivity (Wildman–Crippen MR) is 90.5 cm³/mol. The monoisotopic (exact) mass is 323 g/mol. The number of hydrogen-bond acceptors (Lipinski definition) is 4. The van der Waals surface area contributed by atoms with Crippen LogP contribution in [0, 0.1) is 0 Å². The zero-order valence-corrected chi connectivity index (χ0v) is 14.6. The van der Waals surface area contributed by atoms with Crippen molar-refractivity contribution < 1.29 is 14.3 Å². The maximum Gasteiger partial charge on any atom is 0.410 e. The van der Waals surface area contributed by atoms with E-state index in [1.807, 2.05) is 49.6 Å². The first-order valence-corrected chi connectivity index (χ1v) is 8.65. The van der Waals surface area contributed by atoms with Crippen molar-refractivity contribution in [3.63, 3.8) is 0 Å². The number of rotatable bonds is 4. The molecule has 122 valence electrons. The molecule has 1 heterocycles. The molecule has 1 aromatic rings. The third-order valence-electron chi connectivity index (χ3n) is 3.44. The van der Waals surface area contributed by atoms with Crippen LogP contribution in [0.2, 0.25) is 0 Å². The van der Waals surface area contributed by atoms with E-state index in [1.165, 1.54) is 5.56 Å². The lowest BCUT2D eigenvalue weighted by Crippen LogP contribution is -2.35. The van der Waals surface area contributed by atoms with Gasteiger partial charge in [0, 0.05) is 24.1 Å². The molecule has 0 saturated carbocycles. The Balaban J connectivity index is 1.77. The number of carbonyl (C=O) groups is 1. The van der Waals surface area contributed by atoms with Crippen LogP contribution in [-0.4, -0.2) is 42.0 Å². The first-order chi connectivity index (χ1) is 10.4. The molecule has 22 heavy (non-hydrogen) atoms. The Hall–Kier alpha value is -1.36. The van der Waals surface area contributed by atoms with Gasteiger partial charge in [0.15, 0.2) is 0 Å². The molecular weight excluding hydrogens is 298 g/mol. The number of methoxy groups -OCH3 is 1. The highest BCUT2D eigenvalue weighted by Gasteiger charge is 2.29. The van der Waals surface area contributed by atoms with Crippen LogP contribution in [0.1, 0.15) is 32.8 Å². The molecule has 1 atom stereocenters. The molecule has 2 rings (SSSR count). The van der Waals surface area contributed by atoms with E-state index in [4.69, 9.17) is 9.47 Å². The van der Waals surface area contributed by atoms with E-state index in [2.05, 4.69) is 12.1 Å². The van der Waals surface area contributed by atoms with Gasteiger partial charge in [0.2, 0.25) is 0 Å². The topological polar surface area (TPSA) is 38.8 Å². The number of carbonyl (C=O) groups excluding carboxylic acids is 1. The Morgan fingerprint density at radius 3 is 2.59 bits per heavy atom. The Bertz CT molecular complexity index is 496. The predicted octanol–water partition coefficient (Wildman–Crippen LogP) is 3.94. The average Bonchev–Trinajstić information content (AvgIpc) is 2.93. The van der Waals surface area contributed by atoms with Crippen molar-refractivity contribution >= 4 is 17.9 Å². The zero-order valence-electron chi connectivity index (χ0n) is 13.8. The summed E-state index contributed by atoms with van der Waals surface area (Å²) in [7, 11) is 1.67. The molecule has 5 heteroatoms. The van der Waals surface area contributed by atoms with Gasteiger partial charge >= 0.3 is 6.09 Å². The second-order valence-corrected chi connectivity index (χ2v) is 7.78. The molecule has 1 aliphatic rings. The summed E-state index contributed by atoms with van der Waals surface area (Å²) in [6, 6.07) is 8.15. The van der Waals surface area contributed by atoms with Crippen molar-refractivity contribution in [2.75, 3.05) is 20.2 Å². The summed E-state index contributed by atoms with van der Waals surface area (Å²) < 4.78 is 10.6. The SMILES string of the molecule is COc1ccc(CS[C@H]2CCN(C(=O)OC(C)(C)C)C2)cc1. The molecule has 4 nitrogen and oxygen atoms in total. The van der Waals surface area contributed by atoms with Crippen LogP contribution in [-0.2, 0) is 10.5 Å². The van der Waals surface area contributed by atoms with E-state index >= 15 is 0 Å². The molecule has 0 N–H and O–H groups in total. The fraction of sp³-hybridized carbons (Fsp3) is 0.588. The number of thioether (sulfide) groups is 1. The summed E-state index contributed by atoms with van der Waals surface area (Å²) in [6.07, 6.45) is 0.833. The number of likely N-dealkylation sites (tertiary alicyclic amines) is 1. The van der Waals surface area contributed by atoms with Crippen LogP contribution in [0.5, 0.6) is 5.75 Å². The number of benzene rings is 1. The Labute approximate surface area is 137 Å². The fourth-order valence-corrected chi connectivity index (χ4v) is 3.47. The molecule has 0 aromatic heterocycles. The van der Waals surface area contributed by atoms with Gasteiger partial charge in [-0.3, -0.25) is 0 Å². The first-order valence-electron chi connectivity index (χ1n) is 7.60. The third kappa shape index (κ3) is 5.13. The van der Waals surface area contributed by atoms with E-state index in [0.717, 1.165) is 31.0 Å². The van der Waals surface area contributed by atoms with Crippen LogP contribution >= 0.6 is 11.8 Å². The number of nitrogens with zero attached hydrogens (tertiary/aromatic N) is 1. The minimum absolute atomic E-state index is 0.194. The fourth-order valence-electron chi connectivity index (χ4n) is 2.29. The minimum Gasteiger partial charge on any atom is -0.497 e. The Morgan fingerprint density at radius 1 is 1.32 bits per heavy atom. The number of hydrogen-bond donors (Lipinski definition) is 0. The largest absolute Gasteiger partial charge is 0.497 e. The van der Waals surface area contributed by atoms with Gasteiger partial charge < -0.3 is 14.4 Å². The summed E-state index contributed by atoms with van der Waals surface area (Å²) in [4.78, 5) is 13.8. The second-order valence-electron chi connectivity index (χ2n) is 6.50. The smallest absolute Gasteiger partial charge is 0.410 e. The summed E-state index contributed by atoms with van der Waals surface area (Å²) in [6.45, 7) is 7.26. The van der Waals surface area contributed by atoms with Crippen LogP contribution in [0.25, 0.3) is 0 Å². The van der Waals surface area contributed by atoms with E-state index in [9.17, 15) is 4.79 Å². The minimum atomic E-state index is -0.425. The molecule has 0 radical (unpaired) electrons. The summed E-state index contributed by atoms with van der Waals surface area (Å²) in [5.41, 5.74) is 0.854. The first kappa shape index (κ1) is 17.0. The van der Waals surface area contributed by atoms with E-state index < -0.39 is 5.60 Å².